The van der Waals surface area contributed by atoms with Crippen LogP contribution in [0.2, 0.25) is 0 Å². The number of halogens is 4. The molecule has 1 saturated carbocycles. The highest BCUT2D eigenvalue weighted by Crippen LogP contribution is 2.41. The molecule has 2 aliphatic rings. The second kappa shape index (κ2) is 8.82. The summed E-state index contributed by atoms with van der Waals surface area (Å²) in [4.78, 5) is 17.2. The molecule has 2 N–H and O–H groups in total. The molecule has 0 spiro atoms. The van der Waals surface area contributed by atoms with Crippen molar-refractivity contribution in [1.82, 2.24) is 10.3 Å². The lowest BCUT2D eigenvalue weighted by Gasteiger charge is -2.22. The van der Waals surface area contributed by atoms with Gasteiger partial charge in [-0.2, -0.15) is 13.2 Å². The second-order valence-corrected chi connectivity index (χ2v) is 7.96. The number of hydrogen-bond acceptors (Lipinski definition) is 4. The second-order valence-electron chi connectivity index (χ2n) is 7.96. The number of carbonyl (C=O) groups excluding carboxylic acids is 1. The summed E-state index contributed by atoms with van der Waals surface area (Å²) >= 11 is 0. The normalized spacial score (nSPS) is 17.4. The van der Waals surface area contributed by atoms with E-state index in [-0.39, 0.29) is 23.3 Å². The summed E-state index contributed by atoms with van der Waals surface area (Å²) in [5.74, 6) is -0.918. The zero-order chi connectivity index (χ0) is 22.0. The summed E-state index contributed by atoms with van der Waals surface area (Å²) in [5, 5.41) is 5.58. The maximum Gasteiger partial charge on any atom is 0.419 e. The average Bonchev–Trinajstić information content (AvgIpc) is 3.59. The van der Waals surface area contributed by atoms with E-state index in [4.69, 9.17) is 4.74 Å². The summed E-state index contributed by atoms with van der Waals surface area (Å²) in [6.07, 6.45) is -1.22. The molecule has 1 aliphatic carbocycles. The zero-order valence-electron chi connectivity index (χ0n) is 16.8. The number of anilines is 2. The van der Waals surface area contributed by atoms with Crippen LogP contribution in [0.4, 0.5) is 29.1 Å². The number of nitrogens with zero attached hydrogens (tertiary/aromatic N) is 1. The van der Waals surface area contributed by atoms with Crippen LogP contribution in [0.1, 0.15) is 53.2 Å². The minimum atomic E-state index is -4.79. The average molecular weight is 437 g/mol. The molecular formula is C22H23F4N3O2. The number of carbonyl (C=O) groups is 1. The van der Waals surface area contributed by atoms with Crippen molar-refractivity contribution in [2.24, 2.45) is 5.92 Å². The van der Waals surface area contributed by atoms with E-state index in [0.717, 1.165) is 31.7 Å². The smallest absolute Gasteiger partial charge is 0.381 e. The number of ether oxygens (including phenoxy) is 1. The molecule has 9 heteroatoms. The lowest BCUT2D eigenvalue weighted by molar-refractivity contribution is -0.139. The lowest BCUT2D eigenvalue weighted by Crippen LogP contribution is -2.32. The van der Waals surface area contributed by atoms with E-state index in [0.29, 0.717) is 43.0 Å². The molecule has 31 heavy (non-hydrogen) atoms. The number of amides is 1. The third-order valence-corrected chi connectivity index (χ3v) is 5.59. The van der Waals surface area contributed by atoms with Crippen LogP contribution in [0.15, 0.2) is 30.3 Å². The van der Waals surface area contributed by atoms with Gasteiger partial charge in [-0.25, -0.2) is 9.37 Å². The lowest BCUT2D eigenvalue weighted by atomic mass is 10.00. The predicted molar refractivity (Wildman–Crippen MR) is 107 cm³/mol. The zero-order valence-corrected chi connectivity index (χ0v) is 16.8. The fourth-order valence-corrected chi connectivity index (χ4v) is 3.67. The van der Waals surface area contributed by atoms with E-state index < -0.39 is 17.6 Å². The summed E-state index contributed by atoms with van der Waals surface area (Å²) in [6, 6.07) is 6.11. The first-order valence-corrected chi connectivity index (χ1v) is 10.3. The Morgan fingerprint density at radius 1 is 1.10 bits per heavy atom. The van der Waals surface area contributed by atoms with Crippen molar-refractivity contribution in [2.75, 3.05) is 25.1 Å². The molecule has 2 heterocycles. The van der Waals surface area contributed by atoms with E-state index in [2.05, 4.69) is 15.6 Å². The van der Waals surface area contributed by atoms with Crippen LogP contribution >= 0.6 is 0 Å². The molecule has 1 saturated heterocycles. The van der Waals surface area contributed by atoms with Gasteiger partial charge >= 0.3 is 6.18 Å². The van der Waals surface area contributed by atoms with Gasteiger partial charge < -0.3 is 15.4 Å². The molecule has 0 atom stereocenters. The molecule has 2 aromatic rings. The first-order valence-electron chi connectivity index (χ1n) is 10.3. The van der Waals surface area contributed by atoms with Crippen molar-refractivity contribution < 1.29 is 27.1 Å². The van der Waals surface area contributed by atoms with Gasteiger partial charge in [-0.15, -0.1) is 0 Å². The van der Waals surface area contributed by atoms with E-state index in [9.17, 15) is 22.4 Å². The third kappa shape index (κ3) is 5.15. The van der Waals surface area contributed by atoms with Crippen molar-refractivity contribution in [2.45, 2.75) is 37.8 Å². The van der Waals surface area contributed by atoms with Gasteiger partial charge in [-0.3, -0.25) is 4.79 Å². The van der Waals surface area contributed by atoms with Crippen molar-refractivity contribution in [1.29, 1.82) is 0 Å². The van der Waals surface area contributed by atoms with Crippen molar-refractivity contribution in [3.63, 3.8) is 0 Å². The number of alkyl halides is 3. The maximum atomic E-state index is 14.3. The number of rotatable bonds is 6. The summed E-state index contributed by atoms with van der Waals surface area (Å²) in [7, 11) is 0. The van der Waals surface area contributed by atoms with Gasteiger partial charge in [0.25, 0.3) is 5.91 Å². The predicted octanol–water partition coefficient (Wildman–Crippen LogP) is 5.02. The van der Waals surface area contributed by atoms with Crippen LogP contribution in [0.25, 0.3) is 0 Å². The largest absolute Gasteiger partial charge is 0.419 e. The standard InChI is InChI=1S/C22H23F4N3O2/c23-19-16(22(24,25)26)2-1-3-17(19)28-18-7-6-15(20(29-18)14-4-5-14)21(30)27-12-13-8-10-31-11-9-13/h1-3,6-7,13-14H,4-5,8-12H2,(H,27,30)(H,28,29). The first-order chi connectivity index (χ1) is 14.8. The molecular weight excluding hydrogens is 414 g/mol. The van der Waals surface area contributed by atoms with Crippen molar-refractivity contribution in [3.05, 3.63) is 53.0 Å². The summed E-state index contributed by atoms with van der Waals surface area (Å²) in [6.45, 7) is 1.95. The Hall–Kier alpha value is -2.68. The van der Waals surface area contributed by atoms with Crippen LogP contribution in [0.3, 0.4) is 0 Å². The number of nitrogens with one attached hydrogen (secondary N) is 2. The highest BCUT2D eigenvalue weighted by atomic mass is 19.4. The molecule has 0 unspecified atom stereocenters. The molecule has 1 aromatic heterocycles. The molecule has 2 fully saturated rings. The number of pyridine rings is 1. The van der Waals surface area contributed by atoms with Gasteiger partial charge in [0.05, 0.1) is 22.5 Å². The number of aromatic nitrogens is 1. The van der Waals surface area contributed by atoms with Crippen LogP contribution in [-0.2, 0) is 10.9 Å². The van der Waals surface area contributed by atoms with Crippen molar-refractivity contribution in [3.8, 4) is 0 Å². The van der Waals surface area contributed by atoms with Gasteiger partial charge in [-0.05, 0) is 55.9 Å². The van der Waals surface area contributed by atoms with E-state index in [1.807, 2.05) is 0 Å². The van der Waals surface area contributed by atoms with Gasteiger partial charge in [0.15, 0.2) is 5.82 Å². The third-order valence-electron chi connectivity index (χ3n) is 5.59. The van der Waals surface area contributed by atoms with Crippen LogP contribution in [0, 0.1) is 11.7 Å². The molecule has 0 radical (unpaired) electrons. The van der Waals surface area contributed by atoms with Gasteiger partial charge in [0.2, 0.25) is 0 Å². The summed E-state index contributed by atoms with van der Waals surface area (Å²) in [5.41, 5.74) is -0.628. The number of benzene rings is 1. The van der Waals surface area contributed by atoms with Crippen molar-refractivity contribution >= 4 is 17.4 Å². The monoisotopic (exact) mass is 437 g/mol. The van der Waals surface area contributed by atoms with E-state index in [1.165, 1.54) is 12.1 Å². The van der Waals surface area contributed by atoms with Crippen LogP contribution in [0.5, 0.6) is 0 Å². The van der Waals surface area contributed by atoms with Crippen LogP contribution in [-0.4, -0.2) is 30.6 Å². The molecule has 166 valence electrons. The molecule has 1 amide bonds. The van der Waals surface area contributed by atoms with E-state index in [1.54, 1.807) is 6.07 Å². The number of hydrogen-bond donors (Lipinski definition) is 2. The highest BCUT2D eigenvalue weighted by molar-refractivity contribution is 5.95. The van der Waals surface area contributed by atoms with E-state index >= 15 is 0 Å². The Morgan fingerprint density at radius 2 is 1.84 bits per heavy atom. The molecule has 1 aliphatic heterocycles. The molecule has 4 rings (SSSR count). The Bertz CT molecular complexity index is 954. The maximum absolute atomic E-state index is 14.3. The van der Waals surface area contributed by atoms with Gasteiger partial charge in [-0.1, -0.05) is 6.07 Å². The highest BCUT2D eigenvalue weighted by Gasteiger charge is 2.35. The Kier molecular flexibility index (Phi) is 6.13. The molecule has 0 bridgehead atoms. The first kappa shape index (κ1) is 21.5. The summed E-state index contributed by atoms with van der Waals surface area (Å²) < 4.78 is 58.5. The minimum Gasteiger partial charge on any atom is -0.381 e. The minimum absolute atomic E-state index is 0.122. The Labute approximate surface area is 177 Å². The SMILES string of the molecule is O=C(NCC1CCOCC1)c1ccc(Nc2cccc(C(F)(F)F)c2F)nc1C1CC1. The van der Waals surface area contributed by atoms with Gasteiger partial charge in [0.1, 0.15) is 5.82 Å². The Balaban J connectivity index is 1.51. The Morgan fingerprint density at radius 3 is 2.52 bits per heavy atom. The van der Waals surface area contributed by atoms with Crippen LogP contribution < -0.4 is 10.6 Å². The molecule has 1 aromatic carbocycles. The quantitative estimate of drug-likeness (QED) is 0.624. The van der Waals surface area contributed by atoms with Gasteiger partial charge in [0, 0.05) is 25.7 Å². The molecule has 5 nitrogen and oxygen atoms in total. The topological polar surface area (TPSA) is 63.2 Å². The fourth-order valence-electron chi connectivity index (χ4n) is 3.67. The fraction of sp³-hybridized carbons (Fsp3) is 0.455.